The van der Waals surface area contributed by atoms with Gasteiger partial charge in [0.25, 0.3) is 0 Å². The molecule has 1 aromatic heterocycles. The van der Waals surface area contributed by atoms with E-state index in [-0.39, 0.29) is 18.1 Å². The molecule has 0 radical (unpaired) electrons. The Morgan fingerprint density at radius 3 is 2.46 bits per heavy atom. The second-order valence-corrected chi connectivity index (χ2v) is 6.85. The number of nitrogens with two attached hydrogens (primary N) is 1. The van der Waals surface area contributed by atoms with E-state index in [1.54, 1.807) is 12.1 Å². The highest BCUT2D eigenvalue weighted by Crippen LogP contribution is 2.15. The minimum atomic E-state index is -3.73. The minimum absolute atomic E-state index is 0.00372. The van der Waals surface area contributed by atoms with Crippen molar-refractivity contribution in [2.75, 3.05) is 13.2 Å². The average molecular weight is 416 g/mol. The second kappa shape index (κ2) is 8.13. The normalized spacial score (nSPS) is 11.6. The number of ether oxygens (including phenoxy) is 2. The number of hydrogen-bond acceptors (Lipinski definition) is 6. The standard InChI is InChI=1S/C15H14BrNO6S/c16-14-7-3-12(23-14)4-8-15(18)22-10-9-21-11-1-5-13(6-2-11)24(17,19)20/h1-8H,9-10H2,(H2,17,19,20)/b8-4+. The van der Waals surface area contributed by atoms with Crippen LogP contribution in [0.1, 0.15) is 5.76 Å². The van der Waals surface area contributed by atoms with E-state index in [2.05, 4.69) is 15.9 Å². The van der Waals surface area contributed by atoms with Crippen molar-refractivity contribution in [3.8, 4) is 5.75 Å². The van der Waals surface area contributed by atoms with Gasteiger partial charge in [-0.15, -0.1) is 0 Å². The molecule has 0 fully saturated rings. The van der Waals surface area contributed by atoms with Gasteiger partial charge in [0.15, 0.2) is 4.67 Å². The quantitative estimate of drug-likeness (QED) is 0.422. The molecule has 2 N–H and O–H groups in total. The van der Waals surface area contributed by atoms with Crippen LogP contribution < -0.4 is 9.88 Å². The largest absolute Gasteiger partial charge is 0.490 e. The van der Waals surface area contributed by atoms with Crippen molar-refractivity contribution in [2.24, 2.45) is 5.14 Å². The molecule has 1 heterocycles. The van der Waals surface area contributed by atoms with Crippen LogP contribution in [0, 0.1) is 0 Å². The topological polar surface area (TPSA) is 109 Å². The zero-order valence-electron chi connectivity index (χ0n) is 12.3. The molecule has 24 heavy (non-hydrogen) atoms. The van der Waals surface area contributed by atoms with Gasteiger partial charge in [-0.3, -0.25) is 0 Å². The summed E-state index contributed by atoms with van der Waals surface area (Å²) in [6.45, 7) is 0.169. The number of furan rings is 1. The number of hydrogen-bond donors (Lipinski definition) is 1. The van der Waals surface area contributed by atoms with Crippen LogP contribution >= 0.6 is 15.9 Å². The molecule has 2 aromatic rings. The summed E-state index contributed by atoms with van der Waals surface area (Å²) in [6, 6.07) is 9.01. The summed E-state index contributed by atoms with van der Waals surface area (Å²) in [7, 11) is -3.73. The predicted molar refractivity (Wildman–Crippen MR) is 89.7 cm³/mol. The lowest BCUT2D eigenvalue weighted by molar-refractivity contribution is -0.138. The Labute approximate surface area is 147 Å². The highest BCUT2D eigenvalue weighted by atomic mass is 79.9. The summed E-state index contributed by atoms with van der Waals surface area (Å²) in [5.74, 6) is 0.426. The van der Waals surface area contributed by atoms with E-state index in [1.807, 2.05) is 0 Å². The van der Waals surface area contributed by atoms with Crippen LogP contribution in [0.3, 0.4) is 0 Å². The Kier molecular flexibility index (Phi) is 6.18. The number of primary sulfonamides is 1. The van der Waals surface area contributed by atoms with E-state index in [9.17, 15) is 13.2 Å². The van der Waals surface area contributed by atoms with Crippen LogP contribution in [0.25, 0.3) is 6.08 Å². The first-order valence-corrected chi connectivity index (χ1v) is 9.04. The first-order valence-electron chi connectivity index (χ1n) is 6.70. The third-order valence-electron chi connectivity index (χ3n) is 2.73. The molecular formula is C15H14BrNO6S. The fourth-order valence-electron chi connectivity index (χ4n) is 1.64. The summed E-state index contributed by atoms with van der Waals surface area (Å²) in [4.78, 5) is 11.5. The van der Waals surface area contributed by atoms with Gasteiger partial charge in [-0.25, -0.2) is 18.4 Å². The van der Waals surface area contributed by atoms with Gasteiger partial charge in [-0.05, 0) is 58.4 Å². The predicted octanol–water partition coefficient (Wildman–Crippen LogP) is 2.32. The molecule has 0 atom stereocenters. The van der Waals surface area contributed by atoms with Crippen molar-refractivity contribution in [2.45, 2.75) is 4.90 Å². The minimum Gasteiger partial charge on any atom is -0.490 e. The first kappa shape index (κ1) is 18.2. The molecule has 9 heteroatoms. The fraction of sp³-hybridized carbons (Fsp3) is 0.133. The number of benzene rings is 1. The maximum Gasteiger partial charge on any atom is 0.331 e. The lowest BCUT2D eigenvalue weighted by Gasteiger charge is -2.06. The Morgan fingerprint density at radius 2 is 1.88 bits per heavy atom. The van der Waals surface area contributed by atoms with Crippen molar-refractivity contribution in [1.29, 1.82) is 0 Å². The Hall–Kier alpha value is -2.10. The van der Waals surface area contributed by atoms with Gasteiger partial charge >= 0.3 is 5.97 Å². The molecule has 2 rings (SSSR count). The number of carbonyl (C=O) groups is 1. The lowest BCUT2D eigenvalue weighted by Crippen LogP contribution is -2.12. The number of rotatable bonds is 7. The van der Waals surface area contributed by atoms with Crippen LogP contribution in [0.2, 0.25) is 0 Å². The van der Waals surface area contributed by atoms with E-state index in [1.165, 1.54) is 36.4 Å². The summed E-state index contributed by atoms with van der Waals surface area (Å²) < 4.78 is 38.3. The SMILES string of the molecule is NS(=O)(=O)c1ccc(OCCOC(=O)/C=C/c2ccc(Br)o2)cc1. The van der Waals surface area contributed by atoms with Crippen molar-refractivity contribution < 1.29 is 27.1 Å². The maximum atomic E-state index is 11.5. The number of esters is 1. The van der Waals surface area contributed by atoms with Crippen molar-refractivity contribution >= 4 is 38.0 Å². The van der Waals surface area contributed by atoms with Gasteiger partial charge in [0.05, 0.1) is 4.90 Å². The van der Waals surface area contributed by atoms with E-state index in [4.69, 9.17) is 19.0 Å². The summed E-state index contributed by atoms with van der Waals surface area (Å²) >= 11 is 3.15. The molecule has 1 aromatic carbocycles. The van der Waals surface area contributed by atoms with Crippen LogP contribution in [0.15, 0.2) is 56.5 Å². The van der Waals surface area contributed by atoms with E-state index >= 15 is 0 Å². The number of carbonyl (C=O) groups excluding carboxylic acids is 1. The van der Waals surface area contributed by atoms with Crippen LogP contribution in [0.5, 0.6) is 5.75 Å². The smallest absolute Gasteiger partial charge is 0.331 e. The highest BCUT2D eigenvalue weighted by molar-refractivity contribution is 9.10. The monoisotopic (exact) mass is 415 g/mol. The molecule has 0 saturated heterocycles. The molecule has 0 amide bonds. The van der Waals surface area contributed by atoms with Gasteiger partial charge < -0.3 is 13.9 Å². The van der Waals surface area contributed by atoms with Crippen molar-refractivity contribution in [3.63, 3.8) is 0 Å². The van der Waals surface area contributed by atoms with Crippen molar-refractivity contribution in [3.05, 3.63) is 52.9 Å². The third kappa shape index (κ3) is 5.84. The molecule has 0 aliphatic rings. The summed E-state index contributed by atoms with van der Waals surface area (Å²) in [5, 5.41) is 4.99. The Morgan fingerprint density at radius 1 is 1.17 bits per heavy atom. The molecule has 0 unspecified atom stereocenters. The Bertz CT molecular complexity index is 826. The lowest BCUT2D eigenvalue weighted by atomic mass is 10.3. The molecule has 0 spiro atoms. The van der Waals surface area contributed by atoms with Gasteiger partial charge in [0, 0.05) is 6.08 Å². The molecule has 0 aliphatic heterocycles. The van der Waals surface area contributed by atoms with Crippen LogP contribution in [-0.4, -0.2) is 27.6 Å². The maximum absolute atomic E-state index is 11.5. The zero-order valence-corrected chi connectivity index (χ0v) is 14.7. The van der Waals surface area contributed by atoms with Gasteiger partial charge in [-0.2, -0.15) is 0 Å². The van der Waals surface area contributed by atoms with E-state index in [0.29, 0.717) is 16.2 Å². The molecule has 0 aliphatic carbocycles. The average Bonchev–Trinajstić information content (AvgIpc) is 2.95. The van der Waals surface area contributed by atoms with Crippen LogP contribution in [-0.2, 0) is 19.6 Å². The molecule has 0 bridgehead atoms. The zero-order chi connectivity index (χ0) is 17.6. The third-order valence-corrected chi connectivity index (χ3v) is 4.08. The van der Waals surface area contributed by atoms with Gasteiger partial charge in [0.2, 0.25) is 10.0 Å². The van der Waals surface area contributed by atoms with E-state index < -0.39 is 16.0 Å². The van der Waals surface area contributed by atoms with Gasteiger partial charge in [0.1, 0.15) is 24.7 Å². The Balaban J connectivity index is 1.72. The van der Waals surface area contributed by atoms with Gasteiger partial charge in [-0.1, -0.05) is 0 Å². The fourth-order valence-corrected chi connectivity index (χ4v) is 2.48. The van der Waals surface area contributed by atoms with E-state index in [0.717, 1.165) is 0 Å². The molecular weight excluding hydrogens is 402 g/mol. The molecule has 7 nitrogen and oxygen atoms in total. The number of sulfonamides is 1. The summed E-state index contributed by atoms with van der Waals surface area (Å²) in [6.07, 6.45) is 2.73. The van der Waals surface area contributed by atoms with Crippen LogP contribution in [0.4, 0.5) is 0 Å². The molecule has 0 saturated carbocycles. The number of halogens is 1. The molecule has 128 valence electrons. The van der Waals surface area contributed by atoms with Crippen molar-refractivity contribution in [1.82, 2.24) is 0 Å². The second-order valence-electron chi connectivity index (χ2n) is 4.51. The first-order chi connectivity index (χ1) is 11.3. The summed E-state index contributed by atoms with van der Waals surface area (Å²) in [5.41, 5.74) is 0. The highest BCUT2D eigenvalue weighted by Gasteiger charge is 2.07.